The van der Waals surface area contributed by atoms with Gasteiger partial charge in [-0.15, -0.1) is 0 Å². The van der Waals surface area contributed by atoms with Gasteiger partial charge in [0, 0.05) is 44.5 Å². The van der Waals surface area contributed by atoms with Crippen LogP contribution in [0.1, 0.15) is 33.1 Å². The minimum atomic E-state index is -0.103. The Kier molecular flexibility index (Phi) is 6.56. The SMILES string of the molecule is CCN(CC)C(=O)CCC(=O)N[C@@H]1C=C[C@H](CO)C1. The van der Waals surface area contributed by atoms with Crippen molar-refractivity contribution in [1.82, 2.24) is 10.2 Å². The van der Waals surface area contributed by atoms with Crippen LogP contribution in [0, 0.1) is 5.92 Å². The van der Waals surface area contributed by atoms with Crippen LogP contribution in [0.25, 0.3) is 0 Å². The molecule has 1 aliphatic carbocycles. The molecule has 1 rings (SSSR count). The lowest BCUT2D eigenvalue weighted by Gasteiger charge is -2.18. The Morgan fingerprint density at radius 2 is 1.95 bits per heavy atom. The highest BCUT2D eigenvalue weighted by molar-refractivity contribution is 5.84. The van der Waals surface area contributed by atoms with Gasteiger partial charge in [-0.25, -0.2) is 0 Å². The highest BCUT2D eigenvalue weighted by Gasteiger charge is 2.20. The quantitative estimate of drug-likeness (QED) is 0.667. The first-order valence-corrected chi connectivity index (χ1v) is 6.97. The summed E-state index contributed by atoms with van der Waals surface area (Å²) < 4.78 is 0. The van der Waals surface area contributed by atoms with Crippen molar-refractivity contribution in [3.63, 3.8) is 0 Å². The number of nitrogens with zero attached hydrogens (tertiary/aromatic N) is 1. The smallest absolute Gasteiger partial charge is 0.223 e. The second-order valence-corrected chi connectivity index (χ2v) is 4.80. The summed E-state index contributed by atoms with van der Waals surface area (Å²) in [4.78, 5) is 25.2. The molecule has 0 radical (unpaired) electrons. The fraction of sp³-hybridized carbons (Fsp3) is 0.714. The molecule has 2 amide bonds. The molecule has 0 spiro atoms. The zero-order valence-electron chi connectivity index (χ0n) is 11.8. The number of carbonyl (C=O) groups excluding carboxylic acids is 2. The lowest BCUT2D eigenvalue weighted by Crippen LogP contribution is -2.35. The Morgan fingerprint density at radius 1 is 1.26 bits per heavy atom. The van der Waals surface area contributed by atoms with Crippen LogP contribution >= 0.6 is 0 Å². The molecule has 1 aliphatic rings. The first kappa shape index (κ1) is 15.7. The van der Waals surface area contributed by atoms with Crippen molar-refractivity contribution in [2.75, 3.05) is 19.7 Å². The molecule has 0 aliphatic heterocycles. The number of hydrogen-bond acceptors (Lipinski definition) is 3. The van der Waals surface area contributed by atoms with Crippen molar-refractivity contribution >= 4 is 11.8 Å². The third kappa shape index (κ3) is 5.03. The zero-order chi connectivity index (χ0) is 14.3. The van der Waals surface area contributed by atoms with Gasteiger partial charge in [-0.1, -0.05) is 12.2 Å². The molecule has 0 saturated heterocycles. The average molecular weight is 268 g/mol. The number of aliphatic hydroxyl groups is 1. The van der Waals surface area contributed by atoms with E-state index >= 15 is 0 Å². The molecule has 108 valence electrons. The van der Waals surface area contributed by atoms with Gasteiger partial charge in [-0.2, -0.15) is 0 Å². The summed E-state index contributed by atoms with van der Waals surface area (Å²) in [6, 6.07) is -0.00629. The van der Waals surface area contributed by atoms with Gasteiger partial charge in [0.15, 0.2) is 0 Å². The Balaban J connectivity index is 2.25. The van der Waals surface area contributed by atoms with Gasteiger partial charge in [0.25, 0.3) is 0 Å². The van der Waals surface area contributed by atoms with Crippen LogP contribution in [0.4, 0.5) is 0 Å². The summed E-state index contributed by atoms with van der Waals surface area (Å²) in [6.45, 7) is 5.34. The molecular weight excluding hydrogens is 244 g/mol. The van der Waals surface area contributed by atoms with E-state index in [4.69, 9.17) is 5.11 Å². The summed E-state index contributed by atoms with van der Waals surface area (Å²) in [5, 5.41) is 11.9. The molecule has 5 heteroatoms. The van der Waals surface area contributed by atoms with Crippen molar-refractivity contribution in [3.05, 3.63) is 12.2 Å². The van der Waals surface area contributed by atoms with Crippen LogP contribution in [0.3, 0.4) is 0 Å². The van der Waals surface area contributed by atoms with Crippen molar-refractivity contribution in [1.29, 1.82) is 0 Å². The van der Waals surface area contributed by atoms with Gasteiger partial charge >= 0.3 is 0 Å². The number of hydrogen-bond donors (Lipinski definition) is 2. The molecule has 0 aromatic carbocycles. The number of nitrogens with one attached hydrogen (secondary N) is 1. The maximum atomic E-state index is 11.7. The molecule has 0 aromatic heterocycles. The Morgan fingerprint density at radius 3 is 2.47 bits per heavy atom. The molecule has 19 heavy (non-hydrogen) atoms. The highest BCUT2D eigenvalue weighted by atomic mass is 16.3. The predicted octanol–water partition coefficient (Wildman–Crippen LogP) is 0.688. The second-order valence-electron chi connectivity index (χ2n) is 4.80. The summed E-state index contributed by atoms with van der Waals surface area (Å²) in [6.07, 6.45) is 5.06. The predicted molar refractivity (Wildman–Crippen MR) is 73.4 cm³/mol. The van der Waals surface area contributed by atoms with Crippen molar-refractivity contribution in [2.45, 2.75) is 39.2 Å². The molecule has 0 unspecified atom stereocenters. The van der Waals surface area contributed by atoms with Gasteiger partial charge in [0.1, 0.15) is 0 Å². The van der Waals surface area contributed by atoms with Crippen LogP contribution in [0.5, 0.6) is 0 Å². The van der Waals surface area contributed by atoms with E-state index < -0.39 is 0 Å². The minimum absolute atomic E-state index is 0.00629. The molecule has 0 heterocycles. The first-order valence-electron chi connectivity index (χ1n) is 6.97. The van der Waals surface area contributed by atoms with Crippen LogP contribution in [-0.2, 0) is 9.59 Å². The van der Waals surface area contributed by atoms with Crippen molar-refractivity contribution in [3.8, 4) is 0 Å². The number of carbonyl (C=O) groups is 2. The fourth-order valence-electron chi connectivity index (χ4n) is 2.25. The monoisotopic (exact) mass is 268 g/mol. The molecule has 0 aromatic rings. The average Bonchev–Trinajstić information content (AvgIpc) is 2.85. The van der Waals surface area contributed by atoms with E-state index in [-0.39, 0.29) is 43.2 Å². The van der Waals surface area contributed by atoms with Crippen LogP contribution in [0.15, 0.2) is 12.2 Å². The normalized spacial score (nSPS) is 21.4. The largest absolute Gasteiger partial charge is 0.396 e. The van der Waals surface area contributed by atoms with Gasteiger partial charge in [-0.05, 0) is 20.3 Å². The second kappa shape index (κ2) is 7.94. The number of rotatable bonds is 7. The minimum Gasteiger partial charge on any atom is -0.396 e. The zero-order valence-corrected chi connectivity index (χ0v) is 11.8. The Hall–Kier alpha value is -1.36. The molecule has 0 bridgehead atoms. The first-order chi connectivity index (χ1) is 9.10. The van der Waals surface area contributed by atoms with Gasteiger partial charge < -0.3 is 15.3 Å². The Bertz CT molecular complexity index is 338. The van der Waals surface area contributed by atoms with Crippen molar-refractivity contribution in [2.24, 2.45) is 5.92 Å². The molecule has 2 atom stereocenters. The number of aliphatic hydroxyl groups excluding tert-OH is 1. The summed E-state index contributed by atoms with van der Waals surface area (Å²) in [5.41, 5.74) is 0. The van der Waals surface area contributed by atoms with E-state index in [2.05, 4.69) is 5.32 Å². The van der Waals surface area contributed by atoms with E-state index in [1.54, 1.807) is 4.90 Å². The van der Waals surface area contributed by atoms with Crippen LogP contribution < -0.4 is 5.32 Å². The van der Waals surface area contributed by atoms with E-state index in [0.717, 1.165) is 6.42 Å². The maximum absolute atomic E-state index is 11.7. The third-order valence-electron chi connectivity index (χ3n) is 3.44. The lowest BCUT2D eigenvalue weighted by atomic mass is 10.1. The van der Waals surface area contributed by atoms with Gasteiger partial charge in [0.05, 0.1) is 0 Å². The maximum Gasteiger partial charge on any atom is 0.223 e. The van der Waals surface area contributed by atoms with Gasteiger partial charge in [-0.3, -0.25) is 9.59 Å². The van der Waals surface area contributed by atoms with Gasteiger partial charge in [0.2, 0.25) is 11.8 Å². The highest BCUT2D eigenvalue weighted by Crippen LogP contribution is 2.17. The fourth-order valence-corrected chi connectivity index (χ4v) is 2.25. The molecule has 0 fully saturated rings. The standard InChI is InChI=1S/C14H24N2O3/c1-3-16(4-2)14(19)8-7-13(18)15-12-6-5-11(9-12)10-17/h5-6,11-12,17H,3-4,7-10H2,1-2H3,(H,15,18)/t11-,12+/m0/s1. The molecular formula is C14H24N2O3. The summed E-state index contributed by atoms with van der Waals surface area (Å²) in [7, 11) is 0. The topological polar surface area (TPSA) is 69.6 Å². The molecule has 0 saturated carbocycles. The molecule has 2 N–H and O–H groups in total. The van der Waals surface area contributed by atoms with Crippen molar-refractivity contribution < 1.29 is 14.7 Å². The van der Waals surface area contributed by atoms with E-state index in [1.807, 2.05) is 26.0 Å². The number of amides is 2. The molecule has 5 nitrogen and oxygen atoms in total. The van der Waals surface area contributed by atoms with Crippen LogP contribution in [0.2, 0.25) is 0 Å². The Labute approximate surface area is 114 Å². The van der Waals surface area contributed by atoms with E-state index in [9.17, 15) is 9.59 Å². The van der Waals surface area contributed by atoms with E-state index in [1.165, 1.54) is 0 Å². The third-order valence-corrected chi connectivity index (χ3v) is 3.44. The lowest BCUT2D eigenvalue weighted by molar-refractivity contribution is -0.133. The summed E-state index contributed by atoms with van der Waals surface area (Å²) >= 11 is 0. The van der Waals surface area contributed by atoms with Crippen LogP contribution in [-0.4, -0.2) is 47.6 Å². The van der Waals surface area contributed by atoms with E-state index in [0.29, 0.717) is 13.1 Å². The summed E-state index contributed by atoms with van der Waals surface area (Å²) in [5.74, 6) is 0.0618.